The van der Waals surface area contributed by atoms with E-state index in [0.717, 1.165) is 19.4 Å². The number of halogens is 1. The Balaban J connectivity index is 2.04. The quantitative estimate of drug-likeness (QED) is 0.795. The Kier molecular flexibility index (Phi) is 5.59. The van der Waals surface area contributed by atoms with Crippen molar-refractivity contribution in [2.75, 3.05) is 13.7 Å². The van der Waals surface area contributed by atoms with Crippen LogP contribution in [0, 0.1) is 0 Å². The minimum absolute atomic E-state index is 0.432. The van der Waals surface area contributed by atoms with Crippen molar-refractivity contribution < 1.29 is 9.15 Å². The molecule has 1 heterocycles. The molecule has 0 radical (unpaired) electrons. The first kappa shape index (κ1) is 15.8. The van der Waals surface area contributed by atoms with Gasteiger partial charge in [0.2, 0.25) is 5.89 Å². The molecule has 6 heteroatoms. The fourth-order valence-corrected chi connectivity index (χ4v) is 2.11. The summed E-state index contributed by atoms with van der Waals surface area (Å²) in [6.07, 6.45) is 1.70. The number of hydrogen-bond acceptors (Lipinski definition) is 5. The number of nitrogens with one attached hydrogen (secondary N) is 1. The van der Waals surface area contributed by atoms with E-state index in [4.69, 9.17) is 20.8 Å². The number of rotatable bonds is 7. The number of aromatic nitrogens is 2. The number of methoxy groups -OCH3 is 1. The molecule has 0 aliphatic rings. The van der Waals surface area contributed by atoms with E-state index in [0.29, 0.717) is 34.2 Å². The van der Waals surface area contributed by atoms with Gasteiger partial charge in [-0.2, -0.15) is 0 Å². The van der Waals surface area contributed by atoms with Crippen LogP contribution >= 0.6 is 11.6 Å². The fraction of sp³-hybridized carbons (Fsp3) is 0.467. The zero-order valence-electron chi connectivity index (χ0n) is 12.5. The van der Waals surface area contributed by atoms with E-state index in [-0.39, 0.29) is 0 Å². The number of ether oxygens (including phenoxy) is 1. The number of benzene rings is 1. The Morgan fingerprint density at radius 3 is 2.86 bits per heavy atom. The molecule has 0 atom stereocenters. The molecule has 2 aromatic rings. The zero-order chi connectivity index (χ0) is 15.2. The maximum absolute atomic E-state index is 6.01. The molecule has 21 heavy (non-hydrogen) atoms. The van der Waals surface area contributed by atoms with Gasteiger partial charge in [0, 0.05) is 17.5 Å². The monoisotopic (exact) mass is 309 g/mol. The second-order valence-electron chi connectivity index (χ2n) is 5.06. The van der Waals surface area contributed by atoms with Gasteiger partial charge >= 0.3 is 0 Å². The predicted octanol–water partition coefficient (Wildman–Crippen LogP) is 3.33. The lowest BCUT2D eigenvalue weighted by atomic mass is 10.2. The first-order valence-electron chi connectivity index (χ1n) is 7.00. The topological polar surface area (TPSA) is 60.2 Å². The van der Waals surface area contributed by atoms with E-state index < -0.39 is 0 Å². The Bertz CT molecular complexity index is 584. The summed E-state index contributed by atoms with van der Waals surface area (Å²) >= 11 is 6.01. The van der Waals surface area contributed by atoms with Gasteiger partial charge in [-0.3, -0.25) is 0 Å². The highest BCUT2D eigenvalue weighted by Gasteiger charge is 2.14. The standard InChI is InChI=1S/C15H20ClN3O2/c1-10(2)17-8-4-5-14-18-19-15(21-14)12-9-11(16)6-7-13(12)20-3/h6-7,9-10,17H,4-5,8H2,1-3H3. The number of aryl methyl sites for hydroxylation is 1. The molecule has 1 aromatic heterocycles. The van der Waals surface area contributed by atoms with Crippen molar-refractivity contribution in [2.45, 2.75) is 32.7 Å². The molecule has 1 aromatic carbocycles. The van der Waals surface area contributed by atoms with Crippen molar-refractivity contribution >= 4 is 11.6 Å². The maximum atomic E-state index is 6.01. The smallest absolute Gasteiger partial charge is 0.251 e. The predicted molar refractivity (Wildman–Crippen MR) is 82.8 cm³/mol. The molecule has 0 aliphatic carbocycles. The Labute approximate surface area is 129 Å². The fourth-order valence-electron chi connectivity index (χ4n) is 1.94. The van der Waals surface area contributed by atoms with Gasteiger partial charge in [-0.05, 0) is 31.2 Å². The van der Waals surface area contributed by atoms with Crippen molar-refractivity contribution in [2.24, 2.45) is 0 Å². The lowest BCUT2D eigenvalue weighted by Gasteiger charge is -2.06. The SMILES string of the molecule is COc1ccc(Cl)cc1-c1nnc(CCCNC(C)C)o1. The molecule has 0 aliphatic heterocycles. The third-order valence-electron chi connectivity index (χ3n) is 2.98. The lowest BCUT2D eigenvalue weighted by Crippen LogP contribution is -2.23. The van der Waals surface area contributed by atoms with Crippen LogP contribution in [0.4, 0.5) is 0 Å². The molecule has 0 unspecified atom stereocenters. The summed E-state index contributed by atoms with van der Waals surface area (Å²) in [6, 6.07) is 5.80. The van der Waals surface area contributed by atoms with Crippen LogP contribution < -0.4 is 10.1 Å². The molecule has 114 valence electrons. The van der Waals surface area contributed by atoms with E-state index in [9.17, 15) is 0 Å². The molecule has 0 spiro atoms. The lowest BCUT2D eigenvalue weighted by molar-refractivity contribution is 0.413. The van der Waals surface area contributed by atoms with Gasteiger partial charge < -0.3 is 14.5 Å². The molecule has 0 bridgehead atoms. The van der Waals surface area contributed by atoms with Crippen LogP contribution in [0.1, 0.15) is 26.2 Å². The third kappa shape index (κ3) is 4.44. The van der Waals surface area contributed by atoms with Crippen molar-refractivity contribution in [3.8, 4) is 17.2 Å². The Morgan fingerprint density at radius 1 is 1.33 bits per heavy atom. The first-order chi connectivity index (χ1) is 10.1. The summed E-state index contributed by atoms with van der Waals surface area (Å²) in [6.45, 7) is 5.17. The van der Waals surface area contributed by atoms with Crippen molar-refractivity contribution in [3.05, 3.63) is 29.1 Å². The average molecular weight is 310 g/mol. The van der Waals surface area contributed by atoms with Crippen LogP contribution in [0.25, 0.3) is 11.5 Å². The Morgan fingerprint density at radius 2 is 2.14 bits per heavy atom. The van der Waals surface area contributed by atoms with E-state index in [2.05, 4.69) is 29.4 Å². The highest BCUT2D eigenvalue weighted by atomic mass is 35.5. The van der Waals surface area contributed by atoms with Crippen molar-refractivity contribution in [1.29, 1.82) is 0 Å². The summed E-state index contributed by atoms with van der Waals surface area (Å²) in [7, 11) is 1.60. The highest BCUT2D eigenvalue weighted by Crippen LogP contribution is 2.31. The highest BCUT2D eigenvalue weighted by molar-refractivity contribution is 6.30. The van der Waals surface area contributed by atoms with Gasteiger partial charge in [-0.15, -0.1) is 10.2 Å². The maximum Gasteiger partial charge on any atom is 0.251 e. The molecule has 2 rings (SSSR count). The molecular formula is C15H20ClN3O2. The second-order valence-corrected chi connectivity index (χ2v) is 5.49. The van der Waals surface area contributed by atoms with Gasteiger partial charge in [0.25, 0.3) is 5.89 Å². The molecule has 0 amide bonds. The minimum atomic E-state index is 0.432. The zero-order valence-corrected chi connectivity index (χ0v) is 13.3. The van der Waals surface area contributed by atoms with Gasteiger partial charge in [0.05, 0.1) is 12.7 Å². The van der Waals surface area contributed by atoms with Crippen molar-refractivity contribution in [1.82, 2.24) is 15.5 Å². The first-order valence-corrected chi connectivity index (χ1v) is 7.37. The summed E-state index contributed by atoms with van der Waals surface area (Å²) in [5.41, 5.74) is 0.712. The van der Waals surface area contributed by atoms with E-state index in [1.807, 2.05) is 0 Å². The van der Waals surface area contributed by atoms with Gasteiger partial charge in [0.1, 0.15) is 5.75 Å². The van der Waals surface area contributed by atoms with Crippen molar-refractivity contribution in [3.63, 3.8) is 0 Å². The van der Waals surface area contributed by atoms with E-state index in [1.165, 1.54) is 0 Å². The molecule has 5 nitrogen and oxygen atoms in total. The van der Waals surface area contributed by atoms with Crippen LogP contribution in [0.15, 0.2) is 22.6 Å². The Hall–Kier alpha value is -1.59. The second kappa shape index (κ2) is 7.43. The van der Waals surface area contributed by atoms with Gasteiger partial charge in [-0.1, -0.05) is 25.4 Å². The van der Waals surface area contributed by atoms with Crippen LogP contribution in [-0.4, -0.2) is 29.9 Å². The van der Waals surface area contributed by atoms with Gasteiger partial charge in [0.15, 0.2) is 0 Å². The molecule has 1 N–H and O–H groups in total. The minimum Gasteiger partial charge on any atom is -0.496 e. The summed E-state index contributed by atoms with van der Waals surface area (Å²) < 4.78 is 11.0. The normalized spacial score (nSPS) is 11.1. The van der Waals surface area contributed by atoms with Crippen LogP contribution in [0.3, 0.4) is 0 Å². The molecule has 0 fully saturated rings. The summed E-state index contributed by atoms with van der Waals surface area (Å²) in [4.78, 5) is 0. The van der Waals surface area contributed by atoms with Crippen LogP contribution in [-0.2, 0) is 6.42 Å². The largest absolute Gasteiger partial charge is 0.496 e. The molecule has 0 saturated heterocycles. The molecular weight excluding hydrogens is 290 g/mol. The number of nitrogens with zero attached hydrogens (tertiary/aromatic N) is 2. The summed E-state index contributed by atoms with van der Waals surface area (Å²) in [5.74, 6) is 1.72. The average Bonchev–Trinajstić information content (AvgIpc) is 2.92. The van der Waals surface area contributed by atoms with E-state index >= 15 is 0 Å². The molecule has 0 saturated carbocycles. The summed E-state index contributed by atoms with van der Waals surface area (Å²) in [5, 5.41) is 12.1. The third-order valence-corrected chi connectivity index (χ3v) is 3.21. The van der Waals surface area contributed by atoms with Crippen LogP contribution in [0.5, 0.6) is 5.75 Å². The van der Waals surface area contributed by atoms with E-state index in [1.54, 1.807) is 25.3 Å². The van der Waals surface area contributed by atoms with Crippen LogP contribution in [0.2, 0.25) is 5.02 Å². The number of hydrogen-bond donors (Lipinski definition) is 1. The van der Waals surface area contributed by atoms with Gasteiger partial charge in [-0.25, -0.2) is 0 Å².